The van der Waals surface area contributed by atoms with Gasteiger partial charge in [0, 0.05) is 19.1 Å². The summed E-state index contributed by atoms with van der Waals surface area (Å²) in [6.45, 7) is 3.74. The summed E-state index contributed by atoms with van der Waals surface area (Å²) in [6.07, 6.45) is 0.0184. The molecule has 0 aliphatic rings. The number of benzene rings is 2. The van der Waals surface area contributed by atoms with E-state index >= 15 is 0 Å². The minimum absolute atomic E-state index is 0.0838. The van der Waals surface area contributed by atoms with Crippen LogP contribution >= 0.6 is 11.6 Å². The van der Waals surface area contributed by atoms with E-state index in [9.17, 15) is 9.90 Å². The van der Waals surface area contributed by atoms with Crippen molar-refractivity contribution in [2.24, 2.45) is 0 Å². The lowest BCUT2D eigenvalue weighted by molar-refractivity contribution is -0.136. The zero-order valence-electron chi connectivity index (χ0n) is 14.3. The maximum atomic E-state index is 12.1. The van der Waals surface area contributed by atoms with Crippen LogP contribution in [-0.2, 0) is 4.79 Å². The second-order valence-electron chi connectivity index (χ2n) is 5.92. The van der Waals surface area contributed by atoms with E-state index in [2.05, 4.69) is 0 Å². The number of aryl methyl sites for hydroxylation is 1. The van der Waals surface area contributed by atoms with E-state index in [0.29, 0.717) is 17.2 Å². The molecule has 0 heterocycles. The standard InChI is InChI=1S/C19H22ClNO3/c1-5-18(19(23)21(3)4)24-16-10-14(9-15(20)11-16)13-6-7-17(22)12(2)8-13/h6-11,18,22H,5H2,1-4H3. The molecule has 5 heteroatoms. The van der Waals surface area contributed by atoms with Gasteiger partial charge in [0.1, 0.15) is 11.5 Å². The van der Waals surface area contributed by atoms with Crippen LogP contribution in [0.5, 0.6) is 11.5 Å². The molecule has 0 aliphatic carbocycles. The molecule has 0 saturated heterocycles. The zero-order valence-corrected chi connectivity index (χ0v) is 15.1. The predicted molar refractivity (Wildman–Crippen MR) is 96.7 cm³/mol. The quantitative estimate of drug-likeness (QED) is 0.878. The highest BCUT2D eigenvalue weighted by atomic mass is 35.5. The first-order chi connectivity index (χ1) is 11.3. The molecule has 1 amide bonds. The molecular formula is C19H22ClNO3. The third-order valence-electron chi connectivity index (χ3n) is 3.77. The van der Waals surface area contributed by atoms with Gasteiger partial charge >= 0.3 is 0 Å². The monoisotopic (exact) mass is 347 g/mol. The van der Waals surface area contributed by atoms with Gasteiger partial charge in [0.25, 0.3) is 5.91 Å². The van der Waals surface area contributed by atoms with Crippen molar-refractivity contribution in [2.45, 2.75) is 26.4 Å². The van der Waals surface area contributed by atoms with Crippen LogP contribution < -0.4 is 4.74 Å². The summed E-state index contributed by atoms with van der Waals surface area (Å²) in [5.74, 6) is 0.713. The topological polar surface area (TPSA) is 49.8 Å². The van der Waals surface area contributed by atoms with Crippen LogP contribution in [0, 0.1) is 6.92 Å². The van der Waals surface area contributed by atoms with Crippen LogP contribution in [0.4, 0.5) is 0 Å². The van der Waals surface area contributed by atoms with Crippen molar-refractivity contribution in [3.8, 4) is 22.6 Å². The molecule has 2 rings (SSSR count). The van der Waals surface area contributed by atoms with Gasteiger partial charge in [0.15, 0.2) is 6.10 Å². The Bertz CT molecular complexity index is 743. The van der Waals surface area contributed by atoms with Gasteiger partial charge in [-0.3, -0.25) is 4.79 Å². The van der Waals surface area contributed by atoms with Crippen LogP contribution in [0.15, 0.2) is 36.4 Å². The largest absolute Gasteiger partial charge is 0.508 e. The molecule has 1 N–H and O–H groups in total. The molecule has 0 aromatic heterocycles. The molecule has 24 heavy (non-hydrogen) atoms. The van der Waals surface area contributed by atoms with E-state index in [1.165, 1.54) is 4.90 Å². The van der Waals surface area contributed by atoms with Crippen LogP contribution in [0.25, 0.3) is 11.1 Å². The van der Waals surface area contributed by atoms with Gasteiger partial charge in [-0.25, -0.2) is 0 Å². The third kappa shape index (κ3) is 4.20. The molecule has 1 unspecified atom stereocenters. The summed E-state index contributed by atoms with van der Waals surface area (Å²) in [5.41, 5.74) is 2.57. The van der Waals surface area contributed by atoms with Gasteiger partial charge in [-0.05, 0) is 60.4 Å². The van der Waals surface area contributed by atoms with E-state index in [4.69, 9.17) is 16.3 Å². The SMILES string of the molecule is CCC(Oc1cc(Cl)cc(-c2ccc(O)c(C)c2)c1)C(=O)N(C)C. The Morgan fingerprint density at radius 1 is 1.21 bits per heavy atom. The molecule has 0 bridgehead atoms. The lowest BCUT2D eigenvalue weighted by Gasteiger charge is -2.21. The van der Waals surface area contributed by atoms with Gasteiger partial charge < -0.3 is 14.7 Å². The summed E-state index contributed by atoms with van der Waals surface area (Å²) in [5, 5.41) is 10.2. The van der Waals surface area contributed by atoms with E-state index in [1.807, 2.05) is 38.1 Å². The summed E-state index contributed by atoms with van der Waals surface area (Å²) >= 11 is 6.21. The normalized spacial score (nSPS) is 11.9. The molecule has 0 radical (unpaired) electrons. The minimum atomic E-state index is -0.548. The van der Waals surface area contributed by atoms with Gasteiger partial charge in [0.05, 0.1) is 0 Å². The Balaban J connectivity index is 2.34. The first kappa shape index (κ1) is 18.1. The number of nitrogens with zero attached hydrogens (tertiary/aromatic N) is 1. The number of likely N-dealkylation sites (N-methyl/N-ethyl adjacent to an activating group) is 1. The zero-order chi connectivity index (χ0) is 17.9. The molecule has 0 spiro atoms. The Labute approximate surface area is 147 Å². The summed E-state index contributed by atoms with van der Waals surface area (Å²) in [7, 11) is 3.41. The van der Waals surface area contributed by atoms with Crippen LogP contribution in [-0.4, -0.2) is 36.1 Å². The minimum Gasteiger partial charge on any atom is -0.508 e. The highest BCUT2D eigenvalue weighted by Crippen LogP contribution is 2.31. The maximum Gasteiger partial charge on any atom is 0.263 e. The number of rotatable bonds is 5. The molecule has 128 valence electrons. The van der Waals surface area contributed by atoms with E-state index in [-0.39, 0.29) is 11.7 Å². The number of ether oxygens (including phenoxy) is 1. The van der Waals surface area contributed by atoms with Crippen molar-refractivity contribution < 1.29 is 14.6 Å². The average molecular weight is 348 g/mol. The van der Waals surface area contributed by atoms with Crippen molar-refractivity contribution in [1.82, 2.24) is 4.90 Å². The Morgan fingerprint density at radius 2 is 1.92 bits per heavy atom. The number of carbonyl (C=O) groups is 1. The van der Waals surface area contributed by atoms with E-state index < -0.39 is 6.10 Å². The summed E-state index contributed by atoms with van der Waals surface area (Å²) in [4.78, 5) is 13.7. The predicted octanol–water partition coefficient (Wildman–Crippen LogP) is 4.27. The number of hydrogen-bond donors (Lipinski definition) is 1. The van der Waals surface area contributed by atoms with Crippen LogP contribution in [0.3, 0.4) is 0 Å². The van der Waals surface area contributed by atoms with Crippen molar-refractivity contribution in [3.05, 3.63) is 47.0 Å². The van der Waals surface area contributed by atoms with Crippen LogP contribution in [0.2, 0.25) is 5.02 Å². The molecule has 1 atom stereocenters. The van der Waals surface area contributed by atoms with Gasteiger partial charge in [0.2, 0.25) is 0 Å². The molecule has 4 nitrogen and oxygen atoms in total. The highest BCUT2D eigenvalue weighted by Gasteiger charge is 2.20. The smallest absolute Gasteiger partial charge is 0.263 e. The molecule has 2 aromatic rings. The molecule has 0 fully saturated rings. The number of amides is 1. The van der Waals surface area contributed by atoms with E-state index in [1.54, 1.807) is 26.2 Å². The summed E-state index contributed by atoms with van der Waals surface area (Å²) < 4.78 is 5.86. The fraction of sp³-hybridized carbons (Fsp3) is 0.316. The molecule has 0 aliphatic heterocycles. The summed E-state index contributed by atoms with van der Waals surface area (Å²) in [6, 6.07) is 10.7. The first-order valence-electron chi connectivity index (χ1n) is 7.80. The van der Waals surface area contributed by atoms with Crippen molar-refractivity contribution >= 4 is 17.5 Å². The lowest BCUT2D eigenvalue weighted by Crippen LogP contribution is -2.37. The van der Waals surface area contributed by atoms with Gasteiger partial charge in [-0.15, -0.1) is 0 Å². The molecule has 0 saturated carbocycles. The molecular weight excluding hydrogens is 326 g/mol. The van der Waals surface area contributed by atoms with Gasteiger partial charge in [-0.2, -0.15) is 0 Å². The second kappa shape index (κ2) is 7.58. The number of halogens is 1. The fourth-order valence-electron chi connectivity index (χ4n) is 2.39. The third-order valence-corrected chi connectivity index (χ3v) is 3.98. The average Bonchev–Trinajstić information content (AvgIpc) is 2.53. The number of hydrogen-bond acceptors (Lipinski definition) is 3. The number of phenols is 1. The Morgan fingerprint density at radius 3 is 2.50 bits per heavy atom. The second-order valence-corrected chi connectivity index (χ2v) is 6.36. The van der Waals surface area contributed by atoms with Crippen molar-refractivity contribution in [3.63, 3.8) is 0 Å². The van der Waals surface area contributed by atoms with Crippen LogP contribution in [0.1, 0.15) is 18.9 Å². The Hall–Kier alpha value is -2.20. The fourth-order valence-corrected chi connectivity index (χ4v) is 2.62. The van der Waals surface area contributed by atoms with E-state index in [0.717, 1.165) is 16.7 Å². The molecule has 2 aromatic carbocycles. The number of aromatic hydroxyl groups is 1. The van der Waals surface area contributed by atoms with Crippen molar-refractivity contribution in [2.75, 3.05) is 14.1 Å². The Kier molecular flexibility index (Phi) is 5.73. The number of phenolic OH excluding ortho intramolecular Hbond substituents is 1. The maximum absolute atomic E-state index is 12.1. The highest BCUT2D eigenvalue weighted by molar-refractivity contribution is 6.31. The number of carbonyl (C=O) groups excluding carboxylic acids is 1. The van der Waals surface area contributed by atoms with Gasteiger partial charge in [-0.1, -0.05) is 24.6 Å². The first-order valence-corrected chi connectivity index (χ1v) is 8.18. The lowest BCUT2D eigenvalue weighted by atomic mass is 10.0. The van der Waals surface area contributed by atoms with Crippen molar-refractivity contribution in [1.29, 1.82) is 0 Å².